The minimum atomic E-state index is -3.56. The van der Waals surface area contributed by atoms with E-state index in [4.69, 9.17) is 9.47 Å². The van der Waals surface area contributed by atoms with Crippen molar-refractivity contribution in [2.75, 3.05) is 32.9 Å². The zero-order valence-electron chi connectivity index (χ0n) is 11.5. The van der Waals surface area contributed by atoms with Crippen molar-refractivity contribution in [3.63, 3.8) is 0 Å². The molecule has 6 nitrogen and oxygen atoms in total. The Morgan fingerprint density at radius 1 is 1.24 bits per heavy atom. The summed E-state index contributed by atoms with van der Waals surface area (Å²) >= 11 is 0. The van der Waals surface area contributed by atoms with Crippen molar-refractivity contribution in [2.45, 2.75) is 16.9 Å². The average molecular weight is 308 g/mol. The fraction of sp³-hybridized carbons (Fsp3) is 0.500. The second kappa shape index (κ2) is 4.53. The molecule has 3 heterocycles. The summed E-state index contributed by atoms with van der Waals surface area (Å²) in [4.78, 5) is 2.31. The van der Waals surface area contributed by atoms with E-state index >= 15 is 0 Å². The van der Waals surface area contributed by atoms with Gasteiger partial charge in [0.05, 0.1) is 19.8 Å². The first kappa shape index (κ1) is 13.2. The quantitative estimate of drug-likeness (QED) is 0.703. The number of nitrogens with zero attached hydrogens (tertiary/aromatic N) is 2. The molecule has 1 unspecified atom stereocenters. The molecule has 0 amide bonds. The number of ether oxygens (including phenoxy) is 2. The Kier molecular flexibility index (Phi) is 2.85. The summed E-state index contributed by atoms with van der Waals surface area (Å²) in [6.07, 6.45) is 0.838. The van der Waals surface area contributed by atoms with Gasteiger partial charge in [0.15, 0.2) is 5.84 Å². The van der Waals surface area contributed by atoms with Gasteiger partial charge in [-0.1, -0.05) is 12.1 Å². The highest BCUT2D eigenvalue weighted by Crippen LogP contribution is 2.32. The van der Waals surface area contributed by atoms with E-state index in [1.54, 1.807) is 12.1 Å². The van der Waals surface area contributed by atoms with Crippen molar-refractivity contribution < 1.29 is 17.9 Å². The molecule has 1 spiro atoms. The van der Waals surface area contributed by atoms with Crippen molar-refractivity contribution in [2.24, 2.45) is 4.40 Å². The highest BCUT2D eigenvalue weighted by atomic mass is 32.2. The van der Waals surface area contributed by atoms with Crippen LogP contribution < -0.4 is 0 Å². The fourth-order valence-corrected chi connectivity index (χ4v) is 4.40. The molecular formula is C14H16N2O4S. The van der Waals surface area contributed by atoms with Crippen LogP contribution in [-0.2, 0) is 19.5 Å². The third kappa shape index (κ3) is 2.07. The molecule has 2 saturated heterocycles. The van der Waals surface area contributed by atoms with Crippen LogP contribution in [0, 0.1) is 0 Å². The molecule has 21 heavy (non-hydrogen) atoms. The molecule has 0 radical (unpaired) electrons. The van der Waals surface area contributed by atoms with Crippen LogP contribution in [-0.4, -0.2) is 57.7 Å². The Balaban J connectivity index is 1.71. The molecule has 3 aliphatic rings. The minimum absolute atomic E-state index is 0.295. The third-order valence-corrected chi connectivity index (χ3v) is 5.55. The van der Waals surface area contributed by atoms with Crippen molar-refractivity contribution >= 4 is 15.9 Å². The first-order valence-corrected chi connectivity index (χ1v) is 8.45. The lowest BCUT2D eigenvalue weighted by Crippen LogP contribution is -2.54. The molecule has 1 aromatic carbocycles. The van der Waals surface area contributed by atoms with E-state index in [2.05, 4.69) is 4.40 Å². The number of hydrogen-bond acceptors (Lipinski definition) is 5. The first-order chi connectivity index (χ1) is 10.1. The summed E-state index contributed by atoms with van der Waals surface area (Å²) in [5, 5.41) is 0. The summed E-state index contributed by atoms with van der Waals surface area (Å²) in [5.41, 5.74) is 0.371. The van der Waals surface area contributed by atoms with Crippen LogP contribution in [0.15, 0.2) is 33.6 Å². The molecule has 112 valence electrons. The van der Waals surface area contributed by atoms with Gasteiger partial charge < -0.3 is 14.4 Å². The number of morpholine rings is 1. The van der Waals surface area contributed by atoms with Crippen LogP contribution in [0.1, 0.15) is 12.0 Å². The molecular weight excluding hydrogens is 292 g/mol. The van der Waals surface area contributed by atoms with Gasteiger partial charge in [-0.05, 0) is 12.1 Å². The number of rotatable bonds is 0. The molecule has 4 rings (SSSR count). The SMILES string of the molecule is O=S1(=O)N=C(N2CCOC3(CCOC3)C2)c2ccccc21. The molecule has 1 aromatic rings. The zero-order chi connectivity index (χ0) is 14.5. The highest BCUT2D eigenvalue weighted by molar-refractivity contribution is 7.90. The van der Waals surface area contributed by atoms with Gasteiger partial charge in [-0.2, -0.15) is 8.42 Å². The molecule has 0 aliphatic carbocycles. The van der Waals surface area contributed by atoms with Gasteiger partial charge in [0.1, 0.15) is 10.5 Å². The average Bonchev–Trinajstić information content (AvgIpc) is 3.03. The summed E-state index contributed by atoms with van der Waals surface area (Å²) in [7, 11) is -3.56. The summed E-state index contributed by atoms with van der Waals surface area (Å²) in [5.74, 6) is 0.542. The topological polar surface area (TPSA) is 68.2 Å². The van der Waals surface area contributed by atoms with Crippen molar-refractivity contribution in [3.05, 3.63) is 29.8 Å². The Bertz CT molecular complexity index is 707. The molecule has 7 heteroatoms. The van der Waals surface area contributed by atoms with Gasteiger partial charge in [-0.15, -0.1) is 4.40 Å². The Labute approximate surface area is 123 Å². The summed E-state index contributed by atoms with van der Waals surface area (Å²) in [6.45, 7) is 3.07. The molecule has 2 fully saturated rings. The second-order valence-corrected chi connectivity index (χ2v) is 7.21. The van der Waals surface area contributed by atoms with Gasteiger partial charge in [0, 0.05) is 25.1 Å². The van der Waals surface area contributed by atoms with Crippen LogP contribution in [0.4, 0.5) is 0 Å². The minimum Gasteiger partial charge on any atom is -0.378 e. The molecule has 3 aliphatic heterocycles. The van der Waals surface area contributed by atoms with E-state index in [0.29, 0.717) is 49.2 Å². The predicted molar refractivity (Wildman–Crippen MR) is 75.9 cm³/mol. The van der Waals surface area contributed by atoms with E-state index in [-0.39, 0.29) is 5.60 Å². The number of benzene rings is 1. The summed E-state index contributed by atoms with van der Waals surface area (Å²) < 4.78 is 39.6. The molecule has 0 aromatic heterocycles. The van der Waals surface area contributed by atoms with Crippen LogP contribution in [0.25, 0.3) is 0 Å². The van der Waals surface area contributed by atoms with Crippen molar-refractivity contribution in [1.29, 1.82) is 0 Å². The Hall–Kier alpha value is -1.44. The van der Waals surface area contributed by atoms with Crippen LogP contribution in [0.5, 0.6) is 0 Å². The van der Waals surface area contributed by atoms with Crippen LogP contribution in [0.2, 0.25) is 0 Å². The maximum absolute atomic E-state index is 12.1. The molecule has 0 saturated carbocycles. The maximum Gasteiger partial charge on any atom is 0.285 e. The number of fused-ring (bicyclic) bond motifs is 1. The van der Waals surface area contributed by atoms with E-state index < -0.39 is 10.0 Å². The fourth-order valence-electron chi connectivity index (χ4n) is 3.17. The van der Waals surface area contributed by atoms with E-state index in [1.165, 1.54) is 0 Å². The maximum atomic E-state index is 12.1. The second-order valence-electron chi connectivity index (χ2n) is 5.64. The number of amidine groups is 1. The van der Waals surface area contributed by atoms with Crippen LogP contribution >= 0.6 is 0 Å². The van der Waals surface area contributed by atoms with Gasteiger partial charge in [0.2, 0.25) is 0 Å². The van der Waals surface area contributed by atoms with Gasteiger partial charge in [0.25, 0.3) is 10.0 Å². The van der Waals surface area contributed by atoms with E-state index in [9.17, 15) is 8.42 Å². The first-order valence-electron chi connectivity index (χ1n) is 7.01. The van der Waals surface area contributed by atoms with Gasteiger partial charge >= 0.3 is 0 Å². The Morgan fingerprint density at radius 3 is 2.90 bits per heavy atom. The lowest BCUT2D eigenvalue weighted by molar-refractivity contribution is -0.0928. The third-order valence-electron chi connectivity index (χ3n) is 4.23. The van der Waals surface area contributed by atoms with E-state index in [0.717, 1.165) is 6.42 Å². The number of sulfonamides is 1. The summed E-state index contributed by atoms with van der Waals surface area (Å²) in [6, 6.07) is 6.98. The van der Waals surface area contributed by atoms with Gasteiger partial charge in [-0.25, -0.2) is 0 Å². The van der Waals surface area contributed by atoms with E-state index in [1.807, 2.05) is 17.0 Å². The number of hydrogen-bond donors (Lipinski definition) is 0. The van der Waals surface area contributed by atoms with Crippen molar-refractivity contribution in [3.8, 4) is 0 Å². The van der Waals surface area contributed by atoms with Gasteiger partial charge in [-0.3, -0.25) is 0 Å². The predicted octanol–water partition coefficient (Wildman–Crippen LogP) is 0.627. The van der Waals surface area contributed by atoms with Crippen LogP contribution in [0.3, 0.4) is 0 Å². The smallest absolute Gasteiger partial charge is 0.285 e. The lowest BCUT2D eigenvalue weighted by Gasteiger charge is -2.40. The molecule has 1 atom stereocenters. The molecule has 0 bridgehead atoms. The standard InChI is InChI=1S/C14H16N2O4S/c17-21(18)12-4-2-1-3-11(12)13(15-21)16-6-8-20-14(9-16)5-7-19-10-14/h1-4H,5-10H2. The lowest BCUT2D eigenvalue weighted by atomic mass is 10.00. The highest BCUT2D eigenvalue weighted by Gasteiger charge is 2.43. The molecule has 0 N–H and O–H groups in total. The largest absolute Gasteiger partial charge is 0.378 e. The zero-order valence-corrected chi connectivity index (χ0v) is 12.3. The Morgan fingerprint density at radius 2 is 2.10 bits per heavy atom. The van der Waals surface area contributed by atoms with Crippen molar-refractivity contribution in [1.82, 2.24) is 4.90 Å². The normalized spacial score (nSPS) is 30.5. The monoisotopic (exact) mass is 308 g/mol.